The number of nitrogens with one attached hydrogen (secondary N) is 1. The van der Waals surface area contributed by atoms with Crippen LogP contribution in [0, 0.1) is 20.8 Å². The predicted octanol–water partition coefficient (Wildman–Crippen LogP) is 2.81. The third kappa shape index (κ3) is 4.29. The Balaban J connectivity index is 1.91. The monoisotopic (exact) mass is 290 g/mol. The number of morpholine rings is 1. The second-order valence-electron chi connectivity index (χ2n) is 6.89. The summed E-state index contributed by atoms with van der Waals surface area (Å²) in [7, 11) is 0. The number of nitrogens with zero attached hydrogens (tertiary/aromatic N) is 1. The summed E-state index contributed by atoms with van der Waals surface area (Å²) in [4.78, 5) is 2.53. The van der Waals surface area contributed by atoms with Gasteiger partial charge in [0.05, 0.1) is 13.2 Å². The van der Waals surface area contributed by atoms with Crippen molar-refractivity contribution < 1.29 is 4.74 Å². The van der Waals surface area contributed by atoms with Gasteiger partial charge in [-0.1, -0.05) is 17.7 Å². The molecular weight excluding hydrogens is 260 g/mol. The zero-order valence-electron chi connectivity index (χ0n) is 14.3. The van der Waals surface area contributed by atoms with Crippen molar-refractivity contribution in [3.8, 4) is 0 Å². The Bertz CT molecular complexity index is 453. The molecule has 0 aromatic heterocycles. The average molecular weight is 290 g/mol. The first-order valence-corrected chi connectivity index (χ1v) is 8.00. The van der Waals surface area contributed by atoms with Gasteiger partial charge in [0.2, 0.25) is 0 Å². The highest BCUT2D eigenvalue weighted by atomic mass is 16.5. The van der Waals surface area contributed by atoms with Crippen molar-refractivity contribution in [2.24, 2.45) is 0 Å². The quantitative estimate of drug-likeness (QED) is 0.902. The van der Waals surface area contributed by atoms with Gasteiger partial charge in [0.15, 0.2) is 0 Å². The molecule has 21 heavy (non-hydrogen) atoms. The van der Waals surface area contributed by atoms with Crippen LogP contribution in [0.3, 0.4) is 0 Å². The van der Waals surface area contributed by atoms with E-state index in [1.807, 2.05) is 0 Å². The largest absolute Gasteiger partial charge is 0.379 e. The second-order valence-corrected chi connectivity index (χ2v) is 6.89. The lowest BCUT2D eigenvalue weighted by Crippen LogP contribution is -2.54. The van der Waals surface area contributed by atoms with E-state index in [0.29, 0.717) is 0 Å². The molecule has 0 spiro atoms. The molecule has 118 valence electrons. The number of aryl methyl sites for hydroxylation is 3. The van der Waals surface area contributed by atoms with Gasteiger partial charge in [-0.2, -0.15) is 0 Å². The van der Waals surface area contributed by atoms with E-state index in [-0.39, 0.29) is 5.54 Å². The van der Waals surface area contributed by atoms with Crippen molar-refractivity contribution in [1.82, 2.24) is 10.2 Å². The molecule has 1 fully saturated rings. The van der Waals surface area contributed by atoms with Gasteiger partial charge in [0, 0.05) is 31.7 Å². The number of hydrogen-bond donors (Lipinski definition) is 1. The van der Waals surface area contributed by atoms with Gasteiger partial charge in [-0.25, -0.2) is 0 Å². The number of ether oxygens (including phenoxy) is 1. The van der Waals surface area contributed by atoms with Crippen LogP contribution in [0.5, 0.6) is 0 Å². The number of benzene rings is 1. The third-order valence-electron chi connectivity index (χ3n) is 4.57. The summed E-state index contributed by atoms with van der Waals surface area (Å²) in [6.07, 6.45) is 0. The molecule has 1 aromatic rings. The summed E-state index contributed by atoms with van der Waals surface area (Å²) in [5.41, 5.74) is 5.75. The minimum absolute atomic E-state index is 0.177. The maximum absolute atomic E-state index is 5.45. The first-order chi connectivity index (χ1) is 9.90. The summed E-state index contributed by atoms with van der Waals surface area (Å²) in [5, 5.41) is 3.66. The van der Waals surface area contributed by atoms with Crippen LogP contribution in [0.25, 0.3) is 0 Å². The fourth-order valence-electron chi connectivity index (χ4n) is 3.26. The molecule has 0 radical (unpaired) electrons. The van der Waals surface area contributed by atoms with Crippen LogP contribution >= 0.6 is 0 Å². The predicted molar refractivity (Wildman–Crippen MR) is 88.8 cm³/mol. The van der Waals surface area contributed by atoms with E-state index < -0.39 is 0 Å². The molecule has 3 nitrogen and oxygen atoms in total. The van der Waals surface area contributed by atoms with E-state index in [9.17, 15) is 0 Å². The van der Waals surface area contributed by atoms with E-state index in [0.717, 1.165) is 39.4 Å². The molecule has 1 aromatic carbocycles. The van der Waals surface area contributed by atoms with Crippen LogP contribution in [0.1, 0.15) is 36.1 Å². The Morgan fingerprint density at radius 3 is 2.24 bits per heavy atom. The van der Waals surface area contributed by atoms with Gasteiger partial charge in [0.25, 0.3) is 0 Å². The summed E-state index contributed by atoms with van der Waals surface area (Å²) < 4.78 is 5.45. The Labute approximate surface area is 129 Å². The SMILES string of the molecule is Cc1cc(C)c(CNCC(C)(C)N2CCOCC2)c(C)c1. The molecule has 1 saturated heterocycles. The average Bonchev–Trinajstić information content (AvgIpc) is 2.42. The van der Waals surface area contributed by atoms with Gasteiger partial charge < -0.3 is 10.1 Å². The fourth-order valence-corrected chi connectivity index (χ4v) is 3.26. The minimum atomic E-state index is 0.177. The molecule has 1 heterocycles. The standard InChI is InChI=1S/C18H30N2O/c1-14-10-15(2)17(16(3)11-14)12-19-13-18(4,5)20-6-8-21-9-7-20/h10-11,19H,6-9,12-13H2,1-5H3. The zero-order chi connectivity index (χ0) is 15.5. The lowest BCUT2D eigenvalue weighted by molar-refractivity contribution is -0.00967. The van der Waals surface area contributed by atoms with Crippen LogP contribution in [-0.4, -0.2) is 43.3 Å². The normalized spacial score (nSPS) is 17.2. The van der Waals surface area contributed by atoms with Crippen LogP contribution < -0.4 is 5.32 Å². The van der Waals surface area contributed by atoms with Crippen LogP contribution in [0.15, 0.2) is 12.1 Å². The van der Waals surface area contributed by atoms with E-state index in [2.05, 4.69) is 57.0 Å². The minimum Gasteiger partial charge on any atom is -0.379 e. The zero-order valence-corrected chi connectivity index (χ0v) is 14.3. The molecule has 0 bridgehead atoms. The Hall–Kier alpha value is -0.900. The molecule has 0 aliphatic carbocycles. The van der Waals surface area contributed by atoms with Crippen molar-refractivity contribution in [3.63, 3.8) is 0 Å². The second kappa shape index (κ2) is 6.91. The first kappa shape index (κ1) is 16.5. The molecule has 3 heteroatoms. The van der Waals surface area contributed by atoms with E-state index in [1.54, 1.807) is 0 Å². The Kier molecular flexibility index (Phi) is 5.42. The molecule has 1 aliphatic heterocycles. The summed E-state index contributed by atoms with van der Waals surface area (Å²) in [6, 6.07) is 4.55. The van der Waals surface area contributed by atoms with Crippen molar-refractivity contribution in [2.75, 3.05) is 32.8 Å². The van der Waals surface area contributed by atoms with Crippen LogP contribution in [0.2, 0.25) is 0 Å². The summed E-state index contributed by atoms with van der Waals surface area (Å²) in [5.74, 6) is 0. The van der Waals surface area contributed by atoms with Crippen molar-refractivity contribution in [2.45, 2.75) is 46.7 Å². The van der Waals surface area contributed by atoms with Crippen molar-refractivity contribution in [1.29, 1.82) is 0 Å². The first-order valence-electron chi connectivity index (χ1n) is 8.00. The van der Waals surface area contributed by atoms with Gasteiger partial charge in [-0.15, -0.1) is 0 Å². The summed E-state index contributed by atoms with van der Waals surface area (Å²) in [6.45, 7) is 17.0. The van der Waals surface area contributed by atoms with Crippen LogP contribution in [0.4, 0.5) is 0 Å². The van der Waals surface area contributed by atoms with Gasteiger partial charge in [-0.05, 0) is 51.3 Å². The van der Waals surface area contributed by atoms with E-state index >= 15 is 0 Å². The molecule has 0 unspecified atom stereocenters. The van der Waals surface area contributed by atoms with E-state index in [4.69, 9.17) is 4.74 Å². The number of rotatable bonds is 5. The maximum atomic E-state index is 5.45. The lowest BCUT2D eigenvalue weighted by Gasteiger charge is -2.41. The Morgan fingerprint density at radius 1 is 1.10 bits per heavy atom. The van der Waals surface area contributed by atoms with Gasteiger partial charge in [-0.3, -0.25) is 4.90 Å². The highest BCUT2D eigenvalue weighted by Crippen LogP contribution is 2.18. The van der Waals surface area contributed by atoms with Crippen molar-refractivity contribution in [3.05, 3.63) is 34.4 Å². The van der Waals surface area contributed by atoms with E-state index in [1.165, 1.54) is 22.3 Å². The molecule has 0 amide bonds. The van der Waals surface area contributed by atoms with Crippen molar-refractivity contribution >= 4 is 0 Å². The molecular formula is C18H30N2O. The molecule has 0 saturated carbocycles. The topological polar surface area (TPSA) is 24.5 Å². The lowest BCUT2D eigenvalue weighted by atomic mass is 9.98. The highest BCUT2D eigenvalue weighted by Gasteiger charge is 2.27. The smallest absolute Gasteiger partial charge is 0.0594 e. The molecule has 2 rings (SSSR count). The molecule has 1 N–H and O–H groups in total. The molecule has 0 atom stereocenters. The van der Waals surface area contributed by atoms with Crippen LogP contribution in [-0.2, 0) is 11.3 Å². The van der Waals surface area contributed by atoms with Gasteiger partial charge in [0.1, 0.15) is 0 Å². The van der Waals surface area contributed by atoms with Gasteiger partial charge >= 0.3 is 0 Å². The summed E-state index contributed by atoms with van der Waals surface area (Å²) >= 11 is 0. The Morgan fingerprint density at radius 2 is 1.67 bits per heavy atom. The molecule has 1 aliphatic rings. The highest BCUT2D eigenvalue weighted by molar-refractivity contribution is 5.37. The third-order valence-corrected chi connectivity index (χ3v) is 4.57. The number of hydrogen-bond acceptors (Lipinski definition) is 3. The fraction of sp³-hybridized carbons (Fsp3) is 0.667. The maximum Gasteiger partial charge on any atom is 0.0594 e.